The molecule has 0 aromatic heterocycles. The summed E-state index contributed by atoms with van der Waals surface area (Å²) in [6.07, 6.45) is 0.959. The molecule has 0 aliphatic heterocycles. The second-order valence-corrected chi connectivity index (χ2v) is 3.42. The van der Waals surface area contributed by atoms with Crippen molar-refractivity contribution >= 4 is 11.4 Å². The molecule has 4 nitrogen and oxygen atoms in total. The van der Waals surface area contributed by atoms with Gasteiger partial charge in [-0.15, -0.1) is 0 Å². The third-order valence-corrected chi connectivity index (χ3v) is 2.08. The predicted molar refractivity (Wildman–Crippen MR) is 64.0 cm³/mol. The van der Waals surface area contributed by atoms with Crippen molar-refractivity contribution in [3.05, 3.63) is 23.8 Å². The maximum absolute atomic E-state index is 5.43. The fourth-order valence-electron chi connectivity index (χ4n) is 1.33. The van der Waals surface area contributed by atoms with Crippen LogP contribution in [0.25, 0.3) is 0 Å². The lowest BCUT2D eigenvalue weighted by Gasteiger charge is -2.12. The van der Waals surface area contributed by atoms with Crippen LogP contribution in [0.1, 0.15) is 12.0 Å². The molecule has 0 bridgehead atoms. The maximum atomic E-state index is 5.43. The Labute approximate surface area is 90.8 Å². The molecule has 1 aromatic carbocycles. The van der Waals surface area contributed by atoms with Gasteiger partial charge in [0.1, 0.15) is 0 Å². The van der Waals surface area contributed by atoms with Crippen LogP contribution in [-0.2, 0) is 4.84 Å². The van der Waals surface area contributed by atoms with Crippen molar-refractivity contribution in [2.45, 2.75) is 13.3 Å². The molecule has 0 heterocycles. The average Bonchev–Trinajstić information content (AvgIpc) is 2.22. The highest BCUT2D eigenvalue weighted by molar-refractivity contribution is 5.68. The van der Waals surface area contributed by atoms with Crippen molar-refractivity contribution in [3.8, 4) is 0 Å². The van der Waals surface area contributed by atoms with E-state index in [0.717, 1.165) is 24.3 Å². The molecule has 0 aliphatic carbocycles. The van der Waals surface area contributed by atoms with Crippen LogP contribution in [0.2, 0.25) is 0 Å². The summed E-state index contributed by atoms with van der Waals surface area (Å²) < 4.78 is 0. The van der Waals surface area contributed by atoms with E-state index in [1.165, 1.54) is 5.56 Å². The Kier molecular flexibility index (Phi) is 4.93. The smallest absolute Gasteiger partial charge is 0.0838 e. The van der Waals surface area contributed by atoms with Crippen molar-refractivity contribution in [2.75, 3.05) is 31.0 Å². The molecule has 0 saturated carbocycles. The van der Waals surface area contributed by atoms with E-state index in [0.29, 0.717) is 6.54 Å². The highest BCUT2D eigenvalue weighted by Gasteiger charge is 2.01. The minimum Gasteiger partial charge on any atom is -0.383 e. The first kappa shape index (κ1) is 11.8. The number of hydrogen-bond acceptors (Lipinski definition) is 4. The zero-order valence-corrected chi connectivity index (χ0v) is 9.34. The van der Waals surface area contributed by atoms with Crippen LogP contribution in [0.4, 0.5) is 11.4 Å². The lowest BCUT2D eigenvalue weighted by Crippen LogP contribution is -2.10. The van der Waals surface area contributed by atoms with Crippen molar-refractivity contribution in [2.24, 2.45) is 5.73 Å². The summed E-state index contributed by atoms with van der Waals surface area (Å²) in [5.41, 5.74) is 11.5. The van der Waals surface area contributed by atoms with E-state index in [4.69, 9.17) is 10.6 Å². The molecule has 1 aromatic rings. The fourth-order valence-corrected chi connectivity index (χ4v) is 1.33. The van der Waals surface area contributed by atoms with Gasteiger partial charge in [0.25, 0.3) is 0 Å². The predicted octanol–water partition coefficient (Wildman–Crippen LogP) is 1.73. The lowest BCUT2D eigenvalue weighted by atomic mass is 10.2. The third-order valence-electron chi connectivity index (χ3n) is 2.08. The normalized spacial score (nSPS) is 10.1. The Hall–Kier alpha value is -1.26. The second-order valence-electron chi connectivity index (χ2n) is 3.42. The molecule has 0 unspecified atom stereocenters. The van der Waals surface area contributed by atoms with Crippen LogP contribution >= 0.6 is 0 Å². The van der Waals surface area contributed by atoms with Crippen molar-refractivity contribution in [3.63, 3.8) is 0 Å². The topological polar surface area (TPSA) is 59.3 Å². The van der Waals surface area contributed by atoms with E-state index in [9.17, 15) is 0 Å². The first-order valence-electron chi connectivity index (χ1n) is 5.11. The van der Waals surface area contributed by atoms with Crippen LogP contribution in [0.15, 0.2) is 18.2 Å². The van der Waals surface area contributed by atoms with Crippen molar-refractivity contribution < 1.29 is 4.84 Å². The minimum atomic E-state index is 0.700. The molecule has 0 amide bonds. The molecular formula is C11H19N3O. The van der Waals surface area contributed by atoms with Crippen LogP contribution in [0.5, 0.6) is 0 Å². The molecule has 4 heteroatoms. The number of anilines is 2. The Morgan fingerprint density at radius 1 is 1.33 bits per heavy atom. The SMILES string of the molecule is CONc1cc(C)ccc1NCCCN. The molecule has 0 radical (unpaired) electrons. The second kappa shape index (κ2) is 6.27. The van der Waals surface area contributed by atoms with E-state index in [1.54, 1.807) is 7.11 Å². The summed E-state index contributed by atoms with van der Waals surface area (Å²) >= 11 is 0. The molecule has 0 fully saturated rings. The van der Waals surface area contributed by atoms with Gasteiger partial charge in [0.2, 0.25) is 0 Å². The number of nitrogens with one attached hydrogen (secondary N) is 2. The molecule has 0 aliphatic rings. The Morgan fingerprint density at radius 2 is 2.13 bits per heavy atom. The van der Waals surface area contributed by atoms with Gasteiger partial charge in [-0.2, -0.15) is 0 Å². The molecule has 84 valence electrons. The van der Waals surface area contributed by atoms with Gasteiger partial charge in [-0.3, -0.25) is 10.3 Å². The van der Waals surface area contributed by atoms with E-state index in [-0.39, 0.29) is 0 Å². The Morgan fingerprint density at radius 3 is 2.80 bits per heavy atom. The van der Waals surface area contributed by atoms with Crippen LogP contribution in [-0.4, -0.2) is 20.2 Å². The summed E-state index contributed by atoms with van der Waals surface area (Å²) in [5, 5.41) is 3.30. The van der Waals surface area contributed by atoms with E-state index >= 15 is 0 Å². The number of nitrogens with two attached hydrogens (primary N) is 1. The monoisotopic (exact) mass is 209 g/mol. The van der Waals surface area contributed by atoms with Crippen molar-refractivity contribution in [1.29, 1.82) is 0 Å². The third kappa shape index (κ3) is 3.77. The molecule has 1 rings (SSSR count). The number of rotatable bonds is 6. The van der Waals surface area contributed by atoms with Crippen molar-refractivity contribution in [1.82, 2.24) is 0 Å². The number of aryl methyl sites for hydroxylation is 1. The summed E-state index contributed by atoms with van der Waals surface area (Å²) in [4.78, 5) is 4.92. The highest BCUT2D eigenvalue weighted by atomic mass is 16.6. The van der Waals surface area contributed by atoms with Gasteiger partial charge >= 0.3 is 0 Å². The number of hydrogen-bond donors (Lipinski definition) is 3. The summed E-state index contributed by atoms with van der Waals surface area (Å²) in [6.45, 7) is 3.62. The zero-order valence-electron chi connectivity index (χ0n) is 9.34. The van der Waals surface area contributed by atoms with Gasteiger partial charge in [0, 0.05) is 6.54 Å². The Bertz CT molecular complexity index is 302. The first-order valence-corrected chi connectivity index (χ1v) is 5.11. The lowest BCUT2D eigenvalue weighted by molar-refractivity contribution is 0.271. The quantitative estimate of drug-likeness (QED) is 0.493. The fraction of sp³-hybridized carbons (Fsp3) is 0.455. The Balaban J connectivity index is 2.67. The molecule has 4 N–H and O–H groups in total. The molecule has 0 saturated heterocycles. The summed E-state index contributed by atoms with van der Waals surface area (Å²) in [5.74, 6) is 0. The average molecular weight is 209 g/mol. The maximum Gasteiger partial charge on any atom is 0.0838 e. The van der Waals surface area contributed by atoms with Gasteiger partial charge < -0.3 is 11.1 Å². The largest absolute Gasteiger partial charge is 0.383 e. The number of benzene rings is 1. The standard InChI is InChI=1S/C11H19N3O/c1-9-4-5-10(13-7-3-6-12)11(8-9)14-15-2/h4-5,8,13-14H,3,6-7,12H2,1-2H3. The summed E-state index contributed by atoms with van der Waals surface area (Å²) in [7, 11) is 1.60. The van der Waals surface area contributed by atoms with Gasteiger partial charge in [0.05, 0.1) is 18.5 Å². The van der Waals surface area contributed by atoms with Crippen LogP contribution in [0.3, 0.4) is 0 Å². The van der Waals surface area contributed by atoms with Gasteiger partial charge in [-0.1, -0.05) is 6.07 Å². The summed E-state index contributed by atoms with van der Waals surface area (Å²) in [6, 6.07) is 6.13. The van der Waals surface area contributed by atoms with Crippen LogP contribution < -0.4 is 16.5 Å². The molecule has 15 heavy (non-hydrogen) atoms. The van der Waals surface area contributed by atoms with Gasteiger partial charge in [0.15, 0.2) is 0 Å². The molecule has 0 atom stereocenters. The van der Waals surface area contributed by atoms with E-state index in [1.807, 2.05) is 19.1 Å². The van der Waals surface area contributed by atoms with E-state index in [2.05, 4.69) is 16.9 Å². The first-order chi connectivity index (χ1) is 7.27. The van der Waals surface area contributed by atoms with Crippen LogP contribution in [0, 0.1) is 6.92 Å². The highest BCUT2D eigenvalue weighted by Crippen LogP contribution is 2.22. The van der Waals surface area contributed by atoms with Gasteiger partial charge in [-0.05, 0) is 37.6 Å². The molecular weight excluding hydrogens is 190 g/mol. The minimum absolute atomic E-state index is 0.700. The van der Waals surface area contributed by atoms with Gasteiger partial charge in [-0.25, -0.2) is 0 Å². The zero-order chi connectivity index (χ0) is 11.1. The molecule has 0 spiro atoms. The van der Waals surface area contributed by atoms with E-state index < -0.39 is 0 Å².